The number of carboxylic acid groups (broad SMARTS) is 1. The first-order chi connectivity index (χ1) is 8.78. The summed E-state index contributed by atoms with van der Waals surface area (Å²) in [7, 11) is 0. The first-order valence-corrected chi connectivity index (χ1v) is 6.57. The molecule has 1 amide bonds. The van der Waals surface area contributed by atoms with Gasteiger partial charge in [0.1, 0.15) is 5.60 Å². The molecular weight excluding hydrogens is 250 g/mol. The third-order valence-electron chi connectivity index (χ3n) is 2.91. The first kappa shape index (κ1) is 15.8. The van der Waals surface area contributed by atoms with Crippen LogP contribution in [0.1, 0.15) is 40.0 Å². The minimum atomic E-state index is -0.858. The highest BCUT2D eigenvalue weighted by Gasteiger charge is 2.29. The van der Waals surface area contributed by atoms with Crippen molar-refractivity contribution < 1.29 is 24.2 Å². The monoisotopic (exact) mass is 273 g/mol. The van der Waals surface area contributed by atoms with Crippen LogP contribution in [0.4, 0.5) is 4.79 Å². The molecule has 0 aliphatic carbocycles. The summed E-state index contributed by atoms with van der Waals surface area (Å²) >= 11 is 0. The molecule has 0 radical (unpaired) electrons. The van der Waals surface area contributed by atoms with Crippen molar-refractivity contribution in [1.82, 2.24) is 5.32 Å². The Hall–Kier alpha value is -1.30. The maximum atomic E-state index is 11.7. The topological polar surface area (TPSA) is 84.9 Å². The molecule has 0 aromatic heterocycles. The highest BCUT2D eigenvalue weighted by Crippen LogP contribution is 2.21. The lowest BCUT2D eigenvalue weighted by atomic mass is 9.92. The summed E-state index contributed by atoms with van der Waals surface area (Å²) in [6.07, 6.45) is 0.767. The van der Waals surface area contributed by atoms with E-state index in [1.54, 1.807) is 20.8 Å². The number of carboxylic acids is 1. The molecule has 110 valence electrons. The third kappa shape index (κ3) is 6.42. The minimum absolute atomic E-state index is 0.0316. The molecule has 0 unspecified atom stereocenters. The molecule has 1 aliphatic rings. The number of nitrogens with one attached hydrogen (secondary N) is 1. The highest BCUT2D eigenvalue weighted by atomic mass is 16.6. The van der Waals surface area contributed by atoms with Gasteiger partial charge in [-0.3, -0.25) is 4.79 Å². The summed E-state index contributed by atoms with van der Waals surface area (Å²) < 4.78 is 10.5. The van der Waals surface area contributed by atoms with Crippen molar-refractivity contribution in [3.63, 3.8) is 0 Å². The first-order valence-electron chi connectivity index (χ1n) is 6.57. The Bertz CT molecular complexity index is 323. The van der Waals surface area contributed by atoms with Crippen molar-refractivity contribution in [1.29, 1.82) is 0 Å². The second kappa shape index (κ2) is 6.75. The zero-order chi connectivity index (χ0) is 14.5. The lowest BCUT2D eigenvalue weighted by molar-refractivity contribution is -0.138. The Morgan fingerprint density at radius 2 is 1.95 bits per heavy atom. The lowest BCUT2D eigenvalue weighted by Gasteiger charge is -2.26. The summed E-state index contributed by atoms with van der Waals surface area (Å²) in [4.78, 5) is 22.6. The third-order valence-corrected chi connectivity index (χ3v) is 2.91. The molecule has 0 bridgehead atoms. The molecular formula is C13H23NO5. The number of amides is 1. The lowest BCUT2D eigenvalue weighted by Crippen LogP contribution is -2.43. The zero-order valence-corrected chi connectivity index (χ0v) is 11.8. The van der Waals surface area contributed by atoms with E-state index in [1.165, 1.54) is 0 Å². The number of alkyl carbamates (subject to hydrolysis) is 1. The number of rotatable bonds is 3. The Balaban J connectivity index is 2.59. The molecule has 0 spiro atoms. The molecule has 1 fully saturated rings. The van der Waals surface area contributed by atoms with E-state index >= 15 is 0 Å². The molecule has 0 saturated carbocycles. The summed E-state index contributed by atoms with van der Waals surface area (Å²) in [6, 6.07) is -0.214. The molecule has 1 heterocycles. The van der Waals surface area contributed by atoms with Gasteiger partial charge < -0.3 is 19.9 Å². The fraction of sp³-hybridized carbons (Fsp3) is 0.846. The van der Waals surface area contributed by atoms with Gasteiger partial charge in [-0.1, -0.05) is 0 Å². The predicted molar refractivity (Wildman–Crippen MR) is 69.0 cm³/mol. The van der Waals surface area contributed by atoms with Crippen molar-refractivity contribution in [2.75, 3.05) is 13.2 Å². The Morgan fingerprint density at radius 3 is 2.53 bits per heavy atom. The van der Waals surface area contributed by atoms with E-state index in [0.717, 1.165) is 0 Å². The van der Waals surface area contributed by atoms with Gasteiger partial charge in [0.25, 0.3) is 0 Å². The van der Waals surface area contributed by atoms with Crippen molar-refractivity contribution in [3.05, 3.63) is 0 Å². The molecule has 6 nitrogen and oxygen atoms in total. The van der Waals surface area contributed by atoms with Crippen LogP contribution in [0.3, 0.4) is 0 Å². The highest BCUT2D eigenvalue weighted by molar-refractivity contribution is 5.69. The van der Waals surface area contributed by atoms with Gasteiger partial charge in [0, 0.05) is 19.3 Å². The van der Waals surface area contributed by atoms with Crippen LogP contribution >= 0.6 is 0 Å². The standard InChI is InChI=1S/C13H23NO5/c1-13(2,3)19-12(17)14-10-5-7-18-6-4-9(10)8-11(15)16/h9-10H,4-8H2,1-3H3,(H,14,17)(H,15,16)/t9-,10+/m0/s1. The van der Waals surface area contributed by atoms with E-state index in [1.807, 2.05) is 0 Å². The smallest absolute Gasteiger partial charge is 0.407 e. The van der Waals surface area contributed by atoms with Crippen molar-refractivity contribution in [3.8, 4) is 0 Å². The maximum absolute atomic E-state index is 11.7. The Kier molecular flexibility index (Phi) is 5.60. The molecule has 2 atom stereocenters. The van der Waals surface area contributed by atoms with E-state index in [0.29, 0.717) is 26.1 Å². The molecule has 6 heteroatoms. The largest absolute Gasteiger partial charge is 0.481 e. The van der Waals surface area contributed by atoms with Gasteiger partial charge in [-0.25, -0.2) is 4.79 Å². The summed E-state index contributed by atoms with van der Waals surface area (Å²) in [5, 5.41) is 11.7. The Labute approximate surface area is 113 Å². The fourth-order valence-electron chi connectivity index (χ4n) is 2.10. The van der Waals surface area contributed by atoms with Crippen LogP contribution in [0, 0.1) is 5.92 Å². The average molecular weight is 273 g/mol. The molecule has 1 saturated heterocycles. The van der Waals surface area contributed by atoms with Gasteiger partial charge in [0.05, 0.1) is 6.42 Å². The minimum Gasteiger partial charge on any atom is -0.481 e. The zero-order valence-electron chi connectivity index (χ0n) is 11.8. The molecule has 0 aromatic rings. The molecule has 1 aliphatic heterocycles. The number of ether oxygens (including phenoxy) is 2. The van der Waals surface area contributed by atoms with Crippen molar-refractivity contribution in [2.45, 2.75) is 51.7 Å². The second-order valence-electron chi connectivity index (χ2n) is 5.80. The number of hydrogen-bond acceptors (Lipinski definition) is 4. The van der Waals surface area contributed by atoms with E-state index in [2.05, 4.69) is 5.32 Å². The van der Waals surface area contributed by atoms with E-state index in [9.17, 15) is 9.59 Å². The molecule has 2 N–H and O–H groups in total. The Morgan fingerprint density at radius 1 is 1.32 bits per heavy atom. The van der Waals surface area contributed by atoms with Crippen LogP contribution in [0.5, 0.6) is 0 Å². The molecule has 0 aromatic carbocycles. The van der Waals surface area contributed by atoms with E-state index in [4.69, 9.17) is 14.6 Å². The van der Waals surface area contributed by atoms with Crippen LogP contribution in [0.25, 0.3) is 0 Å². The van der Waals surface area contributed by atoms with Gasteiger partial charge >= 0.3 is 12.1 Å². The summed E-state index contributed by atoms with van der Waals surface area (Å²) in [5.41, 5.74) is -0.562. The average Bonchev–Trinajstić information content (AvgIpc) is 2.41. The maximum Gasteiger partial charge on any atom is 0.407 e. The van der Waals surface area contributed by atoms with Crippen molar-refractivity contribution >= 4 is 12.1 Å². The van der Waals surface area contributed by atoms with Crippen molar-refractivity contribution in [2.24, 2.45) is 5.92 Å². The normalized spacial score (nSPS) is 24.4. The second-order valence-corrected chi connectivity index (χ2v) is 5.80. The molecule has 19 heavy (non-hydrogen) atoms. The molecule has 1 rings (SSSR count). The van der Waals surface area contributed by atoms with Gasteiger partial charge in [0.2, 0.25) is 0 Å². The van der Waals surface area contributed by atoms with Gasteiger partial charge in [0.15, 0.2) is 0 Å². The van der Waals surface area contributed by atoms with E-state index < -0.39 is 17.7 Å². The van der Waals surface area contributed by atoms with E-state index in [-0.39, 0.29) is 18.4 Å². The number of carbonyl (C=O) groups excluding carboxylic acids is 1. The number of hydrogen-bond donors (Lipinski definition) is 2. The van der Waals surface area contributed by atoms with Gasteiger partial charge in [-0.2, -0.15) is 0 Å². The quantitative estimate of drug-likeness (QED) is 0.818. The fourth-order valence-corrected chi connectivity index (χ4v) is 2.10. The predicted octanol–water partition coefficient (Wildman–Crippen LogP) is 1.78. The van der Waals surface area contributed by atoms with Gasteiger partial charge in [-0.15, -0.1) is 0 Å². The van der Waals surface area contributed by atoms with Crippen LogP contribution in [-0.2, 0) is 14.3 Å². The van der Waals surface area contributed by atoms with Crippen LogP contribution in [-0.4, -0.2) is 42.0 Å². The number of aliphatic carboxylic acids is 1. The van der Waals surface area contributed by atoms with Crippen LogP contribution in [0.15, 0.2) is 0 Å². The van der Waals surface area contributed by atoms with Crippen LogP contribution < -0.4 is 5.32 Å². The number of carbonyl (C=O) groups is 2. The summed E-state index contributed by atoms with van der Waals surface area (Å²) in [6.45, 7) is 6.42. The van der Waals surface area contributed by atoms with Crippen LogP contribution in [0.2, 0.25) is 0 Å². The SMILES string of the molecule is CC(C)(C)OC(=O)N[C@@H]1CCOCC[C@H]1CC(=O)O. The summed E-state index contributed by atoms with van der Waals surface area (Å²) in [5.74, 6) is -0.976. The van der Waals surface area contributed by atoms with Gasteiger partial charge in [-0.05, 0) is 39.5 Å².